The number of carbonyl (C=O) groups excluding carboxylic acids is 1. The lowest BCUT2D eigenvalue weighted by Gasteiger charge is -2.11. The number of fused-ring (bicyclic) bond motifs is 1. The van der Waals surface area contributed by atoms with Crippen LogP contribution in [0.1, 0.15) is 10.4 Å². The van der Waals surface area contributed by atoms with Gasteiger partial charge in [0.15, 0.2) is 5.13 Å². The Hall–Kier alpha value is -2.53. The summed E-state index contributed by atoms with van der Waals surface area (Å²) in [7, 11) is 3.96. The number of aromatic nitrogens is 3. The maximum absolute atomic E-state index is 12.3. The number of nitrogens with zero attached hydrogens (tertiary/aromatic N) is 4. The molecular formula is C22H21BrN6OS2. The molecule has 2 N–H and O–H groups in total. The molecule has 0 atom stereocenters. The average Bonchev–Trinajstić information content (AvgIpc) is 3.18. The molecular weight excluding hydrogens is 508 g/mol. The second kappa shape index (κ2) is 10.4. The number of benzene rings is 1. The van der Waals surface area contributed by atoms with E-state index >= 15 is 0 Å². The highest BCUT2D eigenvalue weighted by Crippen LogP contribution is 2.36. The minimum Gasteiger partial charge on any atom is -0.351 e. The van der Waals surface area contributed by atoms with Crippen LogP contribution in [-0.4, -0.2) is 52.9 Å². The van der Waals surface area contributed by atoms with Gasteiger partial charge in [-0.15, -0.1) is 0 Å². The molecule has 164 valence electrons. The van der Waals surface area contributed by atoms with Crippen molar-refractivity contribution in [3.05, 3.63) is 64.9 Å². The normalized spacial score (nSPS) is 11.1. The summed E-state index contributed by atoms with van der Waals surface area (Å²) in [5.41, 5.74) is 1.49. The van der Waals surface area contributed by atoms with Gasteiger partial charge in [0.25, 0.3) is 5.91 Å². The third-order valence-corrected chi connectivity index (χ3v) is 6.77. The highest BCUT2D eigenvalue weighted by atomic mass is 79.9. The second-order valence-electron chi connectivity index (χ2n) is 7.16. The van der Waals surface area contributed by atoms with Crippen LogP contribution < -0.4 is 10.6 Å². The highest BCUT2D eigenvalue weighted by molar-refractivity contribution is 9.10. The van der Waals surface area contributed by atoms with Crippen molar-refractivity contribution in [1.82, 2.24) is 25.2 Å². The zero-order valence-corrected chi connectivity index (χ0v) is 20.7. The van der Waals surface area contributed by atoms with Crippen molar-refractivity contribution < 1.29 is 4.79 Å². The molecule has 4 aromatic rings. The predicted octanol–water partition coefficient (Wildman–Crippen LogP) is 5.04. The van der Waals surface area contributed by atoms with Gasteiger partial charge in [0.2, 0.25) is 0 Å². The van der Waals surface area contributed by atoms with Gasteiger partial charge < -0.3 is 15.5 Å². The SMILES string of the molecule is CN(C)CCNC(=O)c1ccc(Sc2cc(Br)cnc2Nc2nc3cccnc3s2)cc1. The minimum absolute atomic E-state index is 0.0701. The Morgan fingerprint density at radius 2 is 2.00 bits per heavy atom. The van der Waals surface area contributed by atoms with E-state index in [0.29, 0.717) is 17.9 Å². The van der Waals surface area contributed by atoms with E-state index in [0.717, 1.165) is 36.3 Å². The summed E-state index contributed by atoms with van der Waals surface area (Å²) in [4.78, 5) is 30.6. The lowest BCUT2D eigenvalue weighted by molar-refractivity contribution is 0.0951. The average molecular weight is 529 g/mol. The van der Waals surface area contributed by atoms with E-state index in [-0.39, 0.29) is 5.91 Å². The number of hydrogen-bond donors (Lipinski definition) is 2. The molecule has 7 nitrogen and oxygen atoms in total. The first kappa shape index (κ1) is 22.7. The standard InChI is InChI=1S/C22H21BrN6OS2/c1-29(2)11-10-24-20(30)14-5-7-16(8-6-14)31-18-12-15(23)13-26-19(18)28-22-27-17-4-3-9-25-21(17)32-22/h3-9,12-13H,10-11H2,1-2H3,(H,24,30)(H,26,27,28). The number of hydrogen-bond acceptors (Lipinski definition) is 8. The van der Waals surface area contributed by atoms with Crippen LogP contribution in [-0.2, 0) is 0 Å². The van der Waals surface area contributed by atoms with Crippen LogP contribution in [0.25, 0.3) is 10.3 Å². The maximum Gasteiger partial charge on any atom is 0.251 e. The summed E-state index contributed by atoms with van der Waals surface area (Å²) in [5.74, 6) is 0.641. The van der Waals surface area contributed by atoms with Crippen molar-refractivity contribution >= 4 is 66.2 Å². The van der Waals surface area contributed by atoms with Gasteiger partial charge in [-0.05, 0) is 72.5 Å². The lowest BCUT2D eigenvalue weighted by atomic mass is 10.2. The van der Waals surface area contributed by atoms with Gasteiger partial charge in [-0.2, -0.15) is 0 Å². The van der Waals surface area contributed by atoms with Crippen molar-refractivity contribution in [3.63, 3.8) is 0 Å². The number of anilines is 2. The molecule has 3 heterocycles. The highest BCUT2D eigenvalue weighted by Gasteiger charge is 2.12. The van der Waals surface area contributed by atoms with Gasteiger partial charge in [-0.3, -0.25) is 4.79 Å². The topological polar surface area (TPSA) is 83.0 Å². The Bertz CT molecular complexity index is 1200. The number of carbonyl (C=O) groups is 1. The van der Waals surface area contributed by atoms with Crippen LogP contribution in [0.4, 0.5) is 10.9 Å². The molecule has 1 aromatic carbocycles. The van der Waals surface area contributed by atoms with Crippen molar-refractivity contribution in [2.75, 3.05) is 32.5 Å². The summed E-state index contributed by atoms with van der Waals surface area (Å²) >= 11 is 6.55. The maximum atomic E-state index is 12.3. The van der Waals surface area contributed by atoms with Crippen LogP contribution in [0.3, 0.4) is 0 Å². The summed E-state index contributed by atoms with van der Waals surface area (Å²) in [6.07, 6.45) is 3.51. The Morgan fingerprint density at radius 1 is 1.19 bits per heavy atom. The Labute approximate surface area is 202 Å². The number of likely N-dealkylation sites (N-methyl/N-ethyl adjacent to an activating group) is 1. The van der Waals surface area contributed by atoms with E-state index in [4.69, 9.17) is 0 Å². The van der Waals surface area contributed by atoms with Crippen molar-refractivity contribution in [2.24, 2.45) is 0 Å². The number of halogens is 1. The fraction of sp³-hybridized carbons (Fsp3) is 0.182. The number of rotatable bonds is 8. The number of nitrogens with one attached hydrogen (secondary N) is 2. The molecule has 10 heteroatoms. The van der Waals surface area contributed by atoms with Crippen LogP contribution in [0.2, 0.25) is 0 Å². The van der Waals surface area contributed by atoms with E-state index in [1.54, 1.807) is 24.2 Å². The molecule has 0 aliphatic heterocycles. The summed E-state index contributed by atoms with van der Waals surface area (Å²) in [6.45, 7) is 1.42. The van der Waals surface area contributed by atoms with Gasteiger partial charge in [-0.1, -0.05) is 23.1 Å². The molecule has 0 saturated heterocycles. The molecule has 0 spiro atoms. The van der Waals surface area contributed by atoms with E-state index < -0.39 is 0 Å². The molecule has 3 aromatic heterocycles. The zero-order chi connectivity index (χ0) is 22.5. The lowest BCUT2D eigenvalue weighted by Crippen LogP contribution is -2.31. The Morgan fingerprint density at radius 3 is 2.75 bits per heavy atom. The van der Waals surface area contributed by atoms with E-state index in [9.17, 15) is 4.79 Å². The third-order valence-electron chi connectivity index (χ3n) is 4.40. The molecule has 0 fully saturated rings. The smallest absolute Gasteiger partial charge is 0.251 e. The quantitative estimate of drug-likeness (QED) is 0.331. The predicted molar refractivity (Wildman–Crippen MR) is 134 cm³/mol. The second-order valence-corrected chi connectivity index (χ2v) is 10.2. The number of thiazole rings is 1. The van der Waals surface area contributed by atoms with Crippen molar-refractivity contribution in [1.29, 1.82) is 0 Å². The Balaban J connectivity index is 1.48. The minimum atomic E-state index is -0.0701. The van der Waals surface area contributed by atoms with Crippen LogP contribution in [0, 0.1) is 0 Å². The largest absolute Gasteiger partial charge is 0.351 e. The fourth-order valence-electron chi connectivity index (χ4n) is 2.81. The van der Waals surface area contributed by atoms with Crippen LogP contribution in [0.5, 0.6) is 0 Å². The Kier molecular flexibility index (Phi) is 7.36. The molecule has 0 bridgehead atoms. The molecule has 0 aliphatic rings. The summed E-state index contributed by atoms with van der Waals surface area (Å²) in [5, 5.41) is 6.98. The summed E-state index contributed by atoms with van der Waals surface area (Å²) in [6, 6.07) is 13.4. The molecule has 0 unspecified atom stereocenters. The fourth-order valence-corrected chi connectivity index (χ4v) is 5.02. The molecule has 0 radical (unpaired) electrons. The summed E-state index contributed by atoms with van der Waals surface area (Å²) < 4.78 is 0.883. The number of pyridine rings is 2. The van der Waals surface area contributed by atoms with E-state index in [1.807, 2.05) is 61.5 Å². The third kappa shape index (κ3) is 5.83. The molecule has 4 rings (SSSR count). The number of amides is 1. The van der Waals surface area contributed by atoms with Crippen LogP contribution in [0.15, 0.2) is 69.1 Å². The molecule has 1 amide bonds. The first-order valence-electron chi connectivity index (χ1n) is 9.83. The molecule has 0 saturated carbocycles. The van der Waals surface area contributed by atoms with E-state index in [1.165, 1.54) is 11.3 Å². The monoisotopic (exact) mass is 528 g/mol. The molecule has 32 heavy (non-hydrogen) atoms. The van der Waals surface area contributed by atoms with Gasteiger partial charge in [-0.25, -0.2) is 15.0 Å². The van der Waals surface area contributed by atoms with Gasteiger partial charge >= 0.3 is 0 Å². The zero-order valence-electron chi connectivity index (χ0n) is 17.5. The van der Waals surface area contributed by atoms with Crippen LogP contribution >= 0.6 is 39.0 Å². The van der Waals surface area contributed by atoms with Crippen molar-refractivity contribution in [3.8, 4) is 0 Å². The first-order chi connectivity index (χ1) is 15.5. The van der Waals surface area contributed by atoms with Gasteiger partial charge in [0.05, 0.1) is 4.90 Å². The van der Waals surface area contributed by atoms with Gasteiger partial charge in [0, 0.05) is 40.4 Å². The first-order valence-corrected chi connectivity index (χ1v) is 12.3. The van der Waals surface area contributed by atoms with Gasteiger partial charge in [0.1, 0.15) is 16.2 Å². The van der Waals surface area contributed by atoms with E-state index in [2.05, 4.69) is 41.5 Å². The molecule has 0 aliphatic carbocycles. The van der Waals surface area contributed by atoms with Crippen molar-refractivity contribution in [2.45, 2.75) is 9.79 Å².